The van der Waals surface area contributed by atoms with Gasteiger partial charge in [-0.1, -0.05) is 89.1 Å². The monoisotopic (exact) mass is 549 g/mol. The van der Waals surface area contributed by atoms with E-state index in [0.717, 1.165) is 55.9 Å². The summed E-state index contributed by atoms with van der Waals surface area (Å²) in [7, 11) is 0. The van der Waals surface area contributed by atoms with E-state index in [1.807, 2.05) is 30.3 Å². The molecule has 4 heteroatoms. The second-order valence-electron chi connectivity index (χ2n) is 14.7. The van der Waals surface area contributed by atoms with E-state index in [4.69, 9.17) is 0 Å². The van der Waals surface area contributed by atoms with Crippen LogP contribution in [0.1, 0.15) is 129 Å². The number of unbranched alkanes of at least 4 members (excludes halogenated alkanes) is 6. The van der Waals surface area contributed by atoms with Crippen molar-refractivity contribution in [3.8, 4) is 0 Å². The number of hydrogen-bond acceptors (Lipinski definition) is 3. The number of carbonyl (C=O) groups is 2. The molecule has 0 heterocycles. The summed E-state index contributed by atoms with van der Waals surface area (Å²) >= 11 is 0. The maximum Gasteiger partial charge on any atom is 0.220 e. The third-order valence-corrected chi connectivity index (χ3v) is 12.3. The van der Waals surface area contributed by atoms with Gasteiger partial charge >= 0.3 is 0 Å². The minimum Gasteiger partial charge on any atom is -0.393 e. The third kappa shape index (κ3) is 6.37. The number of carbonyl (C=O) groups excluding carboxylic acids is 2. The van der Waals surface area contributed by atoms with Crippen LogP contribution in [0.3, 0.4) is 0 Å². The van der Waals surface area contributed by atoms with Crippen LogP contribution < -0.4 is 5.32 Å². The van der Waals surface area contributed by atoms with Crippen molar-refractivity contribution in [2.24, 2.45) is 40.4 Å². The van der Waals surface area contributed by atoms with Crippen molar-refractivity contribution in [3.05, 3.63) is 35.9 Å². The van der Waals surface area contributed by atoms with Crippen molar-refractivity contribution >= 4 is 11.7 Å². The zero-order chi connectivity index (χ0) is 28.2. The summed E-state index contributed by atoms with van der Waals surface area (Å²) in [5, 5.41) is 14.1. The van der Waals surface area contributed by atoms with Gasteiger partial charge in [0.25, 0.3) is 0 Å². The van der Waals surface area contributed by atoms with E-state index in [1.54, 1.807) is 0 Å². The molecule has 1 aromatic rings. The van der Waals surface area contributed by atoms with E-state index in [0.29, 0.717) is 41.9 Å². The highest BCUT2D eigenvalue weighted by atomic mass is 16.3. The van der Waals surface area contributed by atoms with Crippen LogP contribution in [0.25, 0.3) is 0 Å². The molecule has 0 aliphatic heterocycles. The van der Waals surface area contributed by atoms with E-state index in [-0.39, 0.29) is 17.4 Å². The molecule has 0 bridgehead atoms. The van der Waals surface area contributed by atoms with Crippen molar-refractivity contribution < 1.29 is 14.7 Å². The SMILES string of the molecule is C[C@]12CCC(=O)CC1CC[C@@H]1[C@H]2C(CCCCCCCCCC(=O)NCc2ccccc2)C[C@]2(C)C(O)CC[C@@H]12. The van der Waals surface area contributed by atoms with E-state index in [1.165, 1.54) is 64.2 Å². The van der Waals surface area contributed by atoms with Gasteiger partial charge in [-0.15, -0.1) is 0 Å². The highest BCUT2D eigenvalue weighted by Crippen LogP contribution is 2.68. The molecular weight excluding hydrogens is 494 g/mol. The molecule has 1 aromatic carbocycles. The lowest BCUT2D eigenvalue weighted by atomic mass is 9.42. The molecule has 3 unspecified atom stereocenters. The van der Waals surface area contributed by atoms with Crippen LogP contribution in [0.15, 0.2) is 30.3 Å². The summed E-state index contributed by atoms with van der Waals surface area (Å²) < 4.78 is 0. The lowest BCUT2D eigenvalue weighted by molar-refractivity contribution is -0.159. The Morgan fingerprint density at radius 1 is 0.925 bits per heavy atom. The molecule has 0 radical (unpaired) electrons. The van der Waals surface area contributed by atoms with Crippen LogP contribution in [0.2, 0.25) is 0 Å². The molecule has 4 saturated carbocycles. The van der Waals surface area contributed by atoms with Crippen molar-refractivity contribution in [3.63, 3.8) is 0 Å². The standard InChI is InChI=1S/C36H55NO3/c1-35-22-21-29(38)23-28(35)17-18-30-31-19-20-32(39)36(31,2)24-27(34(30)35)15-11-6-4-3-5-7-12-16-33(40)37-25-26-13-9-8-10-14-26/h8-10,13-14,27-28,30-32,34,39H,3-7,11-12,15-25H2,1-2H3,(H,37,40)/t27?,28?,30-,31-,32?,34+,35-,36-/m0/s1. The first kappa shape index (κ1) is 29.8. The van der Waals surface area contributed by atoms with Crippen LogP contribution in [-0.2, 0) is 16.1 Å². The fraction of sp³-hybridized carbons (Fsp3) is 0.778. The summed E-state index contributed by atoms with van der Waals surface area (Å²) in [6.07, 6.45) is 18.9. The summed E-state index contributed by atoms with van der Waals surface area (Å²) in [6.45, 7) is 5.60. The Hall–Kier alpha value is -1.68. The number of Topliss-reactive ketones (excluding diaryl/α,β-unsaturated/α-hetero) is 1. The normalized spacial score (nSPS) is 36.9. The molecule has 2 N–H and O–H groups in total. The van der Waals surface area contributed by atoms with Crippen LogP contribution in [-0.4, -0.2) is 22.9 Å². The van der Waals surface area contributed by atoms with Crippen LogP contribution in [0.4, 0.5) is 0 Å². The number of rotatable bonds is 12. The van der Waals surface area contributed by atoms with Crippen LogP contribution in [0.5, 0.6) is 0 Å². The predicted octanol–water partition coefficient (Wildman–Crippen LogP) is 8.01. The van der Waals surface area contributed by atoms with Crippen molar-refractivity contribution in [2.45, 2.75) is 136 Å². The molecule has 5 rings (SSSR count). The highest BCUT2D eigenvalue weighted by Gasteiger charge is 2.62. The molecule has 4 aliphatic carbocycles. The zero-order valence-electron chi connectivity index (χ0n) is 25.3. The Morgan fingerprint density at radius 2 is 1.65 bits per heavy atom. The Labute approximate surface area is 243 Å². The number of hydrogen-bond donors (Lipinski definition) is 2. The Bertz CT molecular complexity index is 993. The lowest BCUT2D eigenvalue weighted by Gasteiger charge is -2.62. The second kappa shape index (κ2) is 13.1. The second-order valence-corrected chi connectivity index (χ2v) is 14.7. The molecular formula is C36H55NO3. The Balaban J connectivity index is 1.04. The van der Waals surface area contributed by atoms with Gasteiger partial charge in [0.2, 0.25) is 5.91 Å². The first-order chi connectivity index (χ1) is 19.3. The summed E-state index contributed by atoms with van der Waals surface area (Å²) in [6, 6.07) is 10.1. The predicted molar refractivity (Wildman–Crippen MR) is 161 cm³/mol. The minimum absolute atomic E-state index is 0.104. The van der Waals surface area contributed by atoms with Crippen LogP contribution in [0, 0.1) is 40.4 Å². The van der Waals surface area contributed by atoms with E-state index >= 15 is 0 Å². The topological polar surface area (TPSA) is 66.4 Å². The molecule has 222 valence electrons. The Kier molecular flexibility index (Phi) is 9.75. The van der Waals surface area contributed by atoms with Crippen molar-refractivity contribution in [1.29, 1.82) is 0 Å². The highest BCUT2D eigenvalue weighted by molar-refractivity contribution is 5.79. The number of benzene rings is 1. The van der Waals surface area contributed by atoms with E-state index in [2.05, 4.69) is 19.2 Å². The van der Waals surface area contributed by atoms with Gasteiger partial charge in [-0.25, -0.2) is 0 Å². The quantitative estimate of drug-likeness (QED) is 0.260. The Morgan fingerprint density at radius 3 is 2.42 bits per heavy atom. The smallest absolute Gasteiger partial charge is 0.220 e. The first-order valence-corrected chi connectivity index (χ1v) is 16.8. The molecule has 40 heavy (non-hydrogen) atoms. The van der Waals surface area contributed by atoms with Gasteiger partial charge in [0.15, 0.2) is 0 Å². The molecule has 4 nitrogen and oxygen atoms in total. The van der Waals surface area contributed by atoms with Crippen LogP contribution >= 0.6 is 0 Å². The number of amides is 1. The maximum absolute atomic E-state index is 12.4. The van der Waals surface area contributed by atoms with E-state index < -0.39 is 0 Å². The first-order valence-electron chi connectivity index (χ1n) is 16.8. The van der Waals surface area contributed by atoms with Gasteiger partial charge in [0.1, 0.15) is 5.78 Å². The molecule has 0 saturated heterocycles. The minimum atomic E-state index is -0.125. The third-order valence-electron chi connectivity index (χ3n) is 12.3. The number of aliphatic hydroxyl groups excluding tert-OH is 1. The summed E-state index contributed by atoms with van der Waals surface area (Å²) in [4.78, 5) is 24.5. The number of fused-ring (bicyclic) bond motifs is 5. The number of aliphatic hydroxyl groups is 1. The van der Waals surface area contributed by atoms with Gasteiger partial charge in [0.05, 0.1) is 6.10 Å². The number of nitrogens with one attached hydrogen (secondary N) is 1. The molecule has 1 amide bonds. The fourth-order valence-electron chi connectivity index (χ4n) is 10.2. The van der Waals surface area contributed by atoms with Gasteiger partial charge in [-0.2, -0.15) is 0 Å². The molecule has 4 aliphatic rings. The zero-order valence-corrected chi connectivity index (χ0v) is 25.3. The largest absolute Gasteiger partial charge is 0.393 e. The summed E-state index contributed by atoms with van der Waals surface area (Å²) in [5.41, 5.74) is 1.58. The van der Waals surface area contributed by atoms with Gasteiger partial charge in [0, 0.05) is 25.8 Å². The maximum atomic E-state index is 12.4. The van der Waals surface area contributed by atoms with Crippen molar-refractivity contribution in [1.82, 2.24) is 5.32 Å². The van der Waals surface area contributed by atoms with Gasteiger partial charge in [-0.3, -0.25) is 9.59 Å². The average molecular weight is 550 g/mol. The molecule has 8 atom stereocenters. The van der Waals surface area contributed by atoms with Crippen molar-refractivity contribution in [2.75, 3.05) is 0 Å². The van der Waals surface area contributed by atoms with Gasteiger partial charge < -0.3 is 10.4 Å². The summed E-state index contributed by atoms with van der Waals surface area (Å²) in [5.74, 6) is 4.14. The molecule has 0 spiro atoms. The average Bonchev–Trinajstić information content (AvgIpc) is 3.25. The van der Waals surface area contributed by atoms with Gasteiger partial charge in [-0.05, 0) is 90.9 Å². The van der Waals surface area contributed by atoms with E-state index in [9.17, 15) is 14.7 Å². The number of ketones is 1. The fourth-order valence-corrected chi connectivity index (χ4v) is 10.2. The molecule has 4 fully saturated rings. The molecule has 0 aromatic heterocycles. The lowest BCUT2D eigenvalue weighted by Crippen LogP contribution is -2.57.